The third kappa shape index (κ3) is 5.55. The molecule has 3 rings (SSSR count). The van der Waals surface area contributed by atoms with E-state index in [1.54, 1.807) is 6.20 Å². The van der Waals surface area contributed by atoms with Crippen molar-refractivity contribution < 1.29 is 4.79 Å². The zero-order valence-electron chi connectivity index (χ0n) is 17.4. The second-order valence-electron chi connectivity index (χ2n) is 8.39. The van der Waals surface area contributed by atoms with Gasteiger partial charge in [0.15, 0.2) is 0 Å². The van der Waals surface area contributed by atoms with Crippen LogP contribution in [-0.4, -0.2) is 82.7 Å². The van der Waals surface area contributed by atoms with Gasteiger partial charge in [-0.1, -0.05) is 0 Å². The molecule has 0 saturated carbocycles. The van der Waals surface area contributed by atoms with Gasteiger partial charge >= 0.3 is 0 Å². The summed E-state index contributed by atoms with van der Waals surface area (Å²) >= 11 is 0. The maximum absolute atomic E-state index is 12.7. The lowest BCUT2D eigenvalue weighted by Gasteiger charge is -2.41. The fraction of sp³-hybridized carbons (Fsp3) is 0.810. The van der Waals surface area contributed by atoms with Gasteiger partial charge in [-0.25, -0.2) is 0 Å². The first-order valence-corrected chi connectivity index (χ1v) is 10.7. The molecule has 6 heteroatoms. The molecule has 0 aromatic carbocycles. The topological polar surface area (TPSA) is 44.6 Å². The Bertz CT molecular complexity index is 585. The standard InChI is InChI=1S/C21H37N5O/c1-4-25(21(27)6-5-19-7-12-22-24(19)3)17-18-8-15-26(16-9-18)20-10-13-23(2)14-11-20/h7,12,18,20H,4-6,8-11,13-17H2,1-3H3. The molecule has 0 N–H and O–H groups in total. The second kappa shape index (κ2) is 9.69. The largest absolute Gasteiger partial charge is 0.343 e. The number of nitrogens with zero attached hydrogens (tertiary/aromatic N) is 5. The highest BCUT2D eigenvalue weighted by molar-refractivity contribution is 5.76. The van der Waals surface area contributed by atoms with Crippen LogP contribution in [0.5, 0.6) is 0 Å². The van der Waals surface area contributed by atoms with E-state index in [9.17, 15) is 4.79 Å². The molecule has 0 aliphatic carbocycles. The lowest BCUT2D eigenvalue weighted by atomic mass is 9.93. The molecule has 3 heterocycles. The SMILES string of the molecule is CCN(CC1CCN(C2CCN(C)CC2)CC1)C(=O)CCc1ccnn1C. The Labute approximate surface area is 164 Å². The molecule has 2 saturated heterocycles. The van der Waals surface area contributed by atoms with Crippen LogP contribution in [0, 0.1) is 5.92 Å². The van der Waals surface area contributed by atoms with Crippen LogP contribution < -0.4 is 0 Å². The van der Waals surface area contributed by atoms with Crippen LogP contribution in [0.4, 0.5) is 0 Å². The smallest absolute Gasteiger partial charge is 0.222 e. The van der Waals surface area contributed by atoms with Crippen molar-refractivity contribution >= 4 is 5.91 Å². The summed E-state index contributed by atoms with van der Waals surface area (Å²) in [7, 11) is 4.17. The predicted molar refractivity (Wildman–Crippen MR) is 109 cm³/mol. The average molecular weight is 376 g/mol. The highest BCUT2D eigenvalue weighted by atomic mass is 16.2. The molecule has 0 atom stereocenters. The van der Waals surface area contributed by atoms with Gasteiger partial charge < -0.3 is 14.7 Å². The third-order valence-corrected chi connectivity index (χ3v) is 6.58. The first-order valence-electron chi connectivity index (χ1n) is 10.7. The van der Waals surface area contributed by atoms with Crippen molar-refractivity contribution in [2.45, 2.75) is 51.5 Å². The number of likely N-dealkylation sites (tertiary alicyclic amines) is 2. The number of amides is 1. The fourth-order valence-corrected chi connectivity index (χ4v) is 4.62. The maximum atomic E-state index is 12.7. The lowest BCUT2D eigenvalue weighted by molar-refractivity contribution is -0.131. The van der Waals surface area contributed by atoms with E-state index in [1.807, 2.05) is 17.8 Å². The zero-order chi connectivity index (χ0) is 19.2. The summed E-state index contributed by atoms with van der Waals surface area (Å²) in [6, 6.07) is 2.78. The van der Waals surface area contributed by atoms with Crippen molar-refractivity contribution in [1.29, 1.82) is 0 Å². The quantitative estimate of drug-likeness (QED) is 0.731. The summed E-state index contributed by atoms with van der Waals surface area (Å²) in [5, 5.41) is 4.19. The number of carbonyl (C=O) groups is 1. The Kier molecular flexibility index (Phi) is 7.30. The second-order valence-corrected chi connectivity index (χ2v) is 8.39. The minimum absolute atomic E-state index is 0.288. The number of hydrogen-bond donors (Lipinski definition) is 0. The molecule has 2 fully saturated rings. The summed E-state index contributed by atoms with van der Waals surface area (Å²) in [6.07, 6.45) is 8.26. The van der Waals surface area contributed by atoms with E-state index in [2.05, 4.69) is 33.8 Å². The molecule has 1 aromatic heterocycles. The molecule has 2 aliphatic rings. The number of carbonyl (C=O) groups excluding carboxylic acids is 1. The van der Waals surface area contributed by atoms with Gasteiger partial charge in [-0.2, -0.15) is 5.10 Å². The molecule has 6 nitrogen and oxygen atoms in total. The molecule has 0 radical (unpaired) electrons. The van der Waals surface area contributed by atoms with Crippen molar-refractivity contribution in [3.8, 4) is 0 Å². The average Bonchev–Trinajstić information content (AvgIpc) is 3.10. The molecule has 2 aliphatic heterocycles. The Morgan fingerprint density at radius 1 is 1.15 bits per heavy atom. The van der Waals surface area contributed by atoms with Gasteiger partial charge in [-0.05, 0) is 84.2 Å². The Morgan fingerprint density at radius 2 is 1.85 bits per heavy atom. The maximum Gasteiger partial charge on any atom is 0.222 e. The molecule has 1 aromatic rings. The molecule has 0 spiro atoms. The van der Waals surface area contributed by atoms with Crippen LogP contribution in [-0.2, 0) is 18.3 Å². The molecular formula is C21H37N5O. The summed E-state index contributed by atoms with van der Waals surface area (Å²) in [6.45, 7) is 8.75. The Hall–Kier alpha value is -1.40. The summed E-state index contributed by atoms with van der Waals surface area (Å²) in [5.74, 6) is 0.949. The van der Waals surface area contributed by atoms with Crippen molar-refractivity contribution in [2.75, 3.05) is 46.3 Å². The minimum Gasteiger partial charge on any atom is -0.343 e. The highest BCUT2D eigenvalue weighted by Crippen LogP contribution is 2.24. The van der Waals surface area contributed by atoms with Gasteiger partial charge in [0.1, 0.15) is 0 Å². The first-order chi connectivity index (χ1) is 13.1. The van der Waals surface area contributed by atoms with Gasteiger partial charge in [0, 0.05) is 44.5 Å². The number of piperidine rings is 2. The number of aromatic nitrogens is 2. The summed E-state index contributed by atoms with van der Waals surface area (Å²) < 4.78 is 1.86. The third-order valence-electron chi connectivity index (χ3n) is 6.58. The Morgan fingerprint density at radius 3 is 2.44 bits per heavy atom. The molecule has 152 valence electrons. The van der Waals surface area contributed by atoms with E-state index in [4.69, 9.17) is 0 Å². The summed E-state index contributed by atoms with van der Waals surface area (Å²) in [5.41, 5.74) is 1.13. The Balaban J connectivity index is 1.41. The van der Waals surface area contributed by atoms with Crippen molar-refractivity contribution in [3.63, 3.8) is 0 Å². The number of rotatable bonds is 7. The van der Waals surface area contributed by atoms with Crippen LogP contribution in [0.1, 0.15) is 44.7 Å². The predicted octanol–water partition coefficient (Wildman–Crippen LogP) is 2.01. The van der Waals surface area contributed by atoms with Crippen LogP contribution in [0.3, 0.4) is 0 Å². The van der Waals surface area contributed by atoms with Gasteiger partial charge in [0.25, 0.3) is 0 Å². The van der Waals surface area contributed by atoms with E-state index in [0.29, 0.717) is 12.3 Å². The van der Waals surface area contributed by atoms with Crippen LogP contribution in [0.15, 0.2) is 12.3 Å². The van der Waals surface area contributed by atoms with Crippen molar-refractivity contribution in [1.82, 2.24) is 24.5 Å². The first kappa shape index (κ1) is 20.3. The van der Waals surface area contributed by atoms with Crippen molar-refractivity contribution in [3.05, 3.63) is 18.0 Å². The number of hydrogen-bond acceptors (Lipinski definition) is 4. The van der Waals surface area contributed by atoms with Crippen LogP contribution in [0.2, 0.25) is 0 Å². The van der Waals surface area contributed by atoms with E-state index in [0.717, 1.165) is 31.2 Å². The molecule has 0 unspecified atom stereocenters. The van der Waals surface area contributed by atoms with Crippen molar-refractivity contribution in [2.24, 2.45) is 13.0 Å². The van der Waals surface area contributed by atoms with Crippen LogP contribution in [0.25, 0.3) is 0 Å². The van der Waals surface area contributed by atoms with Gasteiger partial charge in [-0.15, -0.1) is 0 Å². The van der Waals surface area contributed by atoms with Gasteiger partial charge in [-0.3, -0.25) is 9.48 Å². The molecule has 0 bridgehead atoms. The molecular weight excluding hydrogens is 338 g/mol. The lowest BCUT2D eigenvalue weighted by Crippen LogP contribution is -2.48. The van der Waals surface area contributed by atoms with E-state index >= 15 is 0 Å². The van der Waals surface area contributed by atoms with Gasteiger partial charge in [0.05, 0.1) is 0 Å². The molecule has 1 amide bonds. The summed E-state index contributed by atoms with van der Waals surface area (Å²) in [4.78, 5) is 19.9. The normalized spacial score (nSPS) is 20.9. The number of aryl methyl sites for hydroxylation is 2. The van der Waals surface area contributed by atoms with E-state index in [-0.39, 0.29) is 5.91 Å². The molecule has 27 heavy (non-hydrogen) atoms. The zero-order valence-corrected chi connectivity index (χ0v) is 17.4. The highest BCUT2D eigenvalue weighted by Gasteiger charge is 2.28. The van der Waals surface area contributed by atoms with Crippen LogP contribution >= 0.6 is 0 Å². The fourth-order valence-electron chi connectivity index (χ4n) is 4.62. The monoisotopic (exact) mass is 375 g/mol. The van der Waals surface area contributed by atoms with E-state index in [1.165, 1.54) is 51.9 Å². The van der Waals surface area contributed by atoms with Gasteiger partial charge in [0.2, 0.25) is 5.91 Å². The van der Waals surface area contributed by atoms with E-state index < -0.39 is 0 Å². The minimum atomic E-state index is 0.288.